The number of carbonyl (C=O) groups is 1. The van der Waals surface area contributed by atoms with Crippen LogP contribution in [0.1, 0.15) is 15.9 Å². The molecule has 0 radical (unpaired) electrons. The number of nitro groups is 1. The van der Waals surface area contributed by atoms with E-state index in [2.05, 4.69) is 20.5 Å². The van der Waals surface area contributed by atoms with E-state index in [1.807, 2.05) is 0 Å². The molecule has 0 unspecified atom stereocenters. The Labute approximate surface area is 120 Å². The third kappa shape index (κ3) is 3.14. The Kier molecular flexibility index (Phi) is 4.12. The summed E-state index contributed by atoms with van der Waals surface area (Å²) in [6.07, 6.45) is 4.39. The molecule has 0 saturated heterocycles. The molecule has 1 amide bonds. The van der Waals surface area contributed by atoms with Gasteiger partial charge in [-0.25, -0.2) is 4.98 Å². The lowest BCUT2D eigenvalue weighted by Crippen LogP contribution is -2.27. The number of nitrogens with zero attached hydrogens (tertiary/aromatic N) is 4. The molecule has 0 aliphatic rings. The summed E-state index contributed by atoms with van der Waals surface area (Å²) in [7, 11) is 3.20. The first-order valence-electron chi connectivity index (χ1n) is 6.08. The maximum absolute atomic E-state index is 12.4. The predicted octanol–water partition coefficient (Wildman–Crippen LogP) is 1.03. The molecule has 0 atom stereocenters. The molecule has 2 heterocycles. The SMILES string of the molecule is CNc1ncc([N+](=O)[O-])cc1C(=O)N(C)Cc1cn[nH]c1. The van der Waals surface area contributed by atoms with E-state index >= 15 is 0 Å². The average molecular weight is 290 g/mol. The Balaban J connectivity index is 2.28. The third-order valence-electron chi connectivity index (χ3n) is 2.87. The number of nitrogens with one attached hydrogen (secondary N) is 2. The fourth-order valence-electron chi connectivity index (χ4n) is 1.83. The van der Waals surface area contributed by atoms with Crippen molar-refractivity contribution in [2.45, 2.75) is 6.54 Å². The van der Waals surface area contributed by atoms with Gasteiger partial charge in [0.05, 0.1) is 16.7 Å². The second kappa shape index (κ2) is 5.99. The highest BCUT2D eigenvalue weighted by atomic mass is 16.6. The Bertz CT molecular complexity index is 655. The van der Waals surface area contributed by atoms with Crippen LogP contribution in [0, 0.1) is 10.1 Å². The first-order chi connectivity index (χ1) is 10.0. The Hall–Kier alpha value is -2.97. The second-order valence-corrected chi connectivity index (χ2v) is 4.36. The van der Waals surface area contributed by atoms with Crippen molar-refractivity contribution >= 4 is 17.4 Å². The minimum Gasteiger partial charge on any atom is -0.372 e. The van der Waals surface area contributed by atoms with E-state index in [0.29, 0.717) is 12.4 Å². The van der Waals surface area contributed by atoms with Gasteiger partial charge in [-0.15, -0.1) is 0 Å². The molecule has 0 aliphatic heterocycles. The van der Waals surface area contributed by atoms with E-state index in [1.165, 1.54) is 11.0 Å². The molecule has 2 N–H and O–H groups in total. The van der Waals surface area contributed by atoms with Gasteiger partial charge >= 0.3 is 0 Å². The molecule has 0 aliphatic carbocycles. The molecule has 2 aromatic heterocycles. The van der Waals surface area contributed by atoms with Crippen LogP contribution in [0.3, 0.4) is 0 Å². The number of hydrogen-bond acceptors (Lipinski definition) is 6. The van der Waals surface area contributed by atoms with Crippen LogP contribution in [-0.4, -0.2) is 45.0 Å². The van der Waals surface area contributed by atoms with Crippen LogP contribution in [0.25, 0.3) is 0 Å². The summed E-state index contributed by atoms with van der Waals surface area (Å²) >= 11 is 0. The van der Waals surface area contributed by atoms with Crippen molar-refractivity contribution in [3.8, 4) is 0 Å². The molecule has 9 heteroatoms. The Morgan fingerprint density at radius 2 is 2.29 bits per heavy atom. The van der Waals surface area contributed by atoms with Crippen LogP contribution in [0.5, 0.6) is 0 Å². The van der Waals surface area contributed by atoms with Crippen molar-refractivity contribution in [1.29, 1.82) is 0 Å². The van der Waals surface area contributed by atoms with Crippen molar-refractivity contribution in [2.24, 2.45) is 0 Å². The summed E-state index contributed by atoms with van der Waals surface area (Å²) < 4.78 is 0. The summed E-state index contributed by atoms with van der Waals surface area (Å²) in [5, 5.41) is 20.0. The molecule has 0 fully saturated rings. The van der Waals surface area contributed by atoms with Crippen LogP contribution < -0.4 is 5.32 Å². The van der Waals surface area contributed by atoms with E-state index in [0.717, 1.165) is 11.8 Å². The number of pyridine rings is 1. The monoisotopic (exact) mass is 290 g/mol. The summed E-state index contributed by atoms with van der Waals surface area (Å²) in [5.74, 6) is -0.0682. The molecule has 9 nitrogen and oxygen atoms in total. The van der Waals surface area contributed by atoms with Crippen LogP contribution in [0.2, 0.25) is 0 Å². The third-order valence-corrected chi connectivity index (χ3v) is 2.87. The maximum atomic E-state index is 12.4. The van der Waals surface area contributed by atoms with Crippen molar-refractivity contribution in [3.63, 3.8) is 0 Å². The molecule has 2 rings (SSSR count). The van der Waals surface area contributed by atoms with Crippen molar-refractivity contribution < 1.29 is 9.72 Å². The van der Waals surface area contributed by atoms with Crippen LogP contribution in [-0.2, 0) is 6.54 Å². The van der Waals surface area contributed by atoms with Gasteiger partial charge < -0.3 is 10.2 Å². The first-order valence-corrected chi connectivity index (χ1v) is 6.08. The lowest BCUT2D eigenvalue weighted by Gasteiger charge is -2.17. The number of amides is 1. The van der Waals surface area contributed by atoms with Gasteiger partial charge in [0.25, 0.3) is 11.6 Å². The molecule has 0 spiro atoms. The molecule has 0 aromatic carbocycles. The first kappa shape index (κ1) is 14.4. The van der Waals surface area contributed by atoms with Gasteiger partial charge in [-0.2, -0.15) is 5.10 Å². The number of anilines is 1. The van der Waals surface area contributed by atoms with E-state index in [1.54, 1.807) is 26.5 Å². The van der Waals surface area contributed by atoms with Gasteiger partial charge in [-0.05, 0) is 0 Å². The number of aromatic nitrogens is 3. The number of aromatic amines is 1. The molecule has 21 heavy (non-hydrogen) atoms. The fraction of sp³-hybridized carbons (Fsp3) is 0.250. The highest BCUT2D eigenvalue weighted by Crippen LogP contribution is 2.20. The summed E-state index contributed by atoms with van der Waals surface area (Å²) in [6, 6.07) is 1.22. The normalized spacial score (nSPS) is 10.2. The number of hydrogen-bond donors (Lipinski definition) is 2. The quantitative estimate of drug-likeness (QED) is 0.627. The van der Waals surface area contributed by atoms with E-state index in [-0.39, 0.29) is 17.2 Å². The van der Waals surface area contributed by atoms with E-state index in [4.69, 9.17) is 0 Å². The zero-order valence-corrected chi connectivity index (χ0v) is 11.5. The van der Waals surface area contributed by atoms with Crippen molar-refractivity contribution in [2.75, 3.05) is 19.4 Å². The topological polar surface area (TPSA) is 117 Å². The average Bonchev–Trinajstić information content (AvgIpc) is 2.98. The largest absolute Gasteiger partial charge is 0.372 e. The smallest absolute Gasteiger partial charge is 0.288 e. The summed E-state index contributed by atoms with van der Waals surface area (Å²) in [4.78, 5) is 28.0. The lowest BCUT2D eigenvalue weighted by molar-refractivity contribution is -0.385. The number of carbonyl (C=O) groups excluding carboxylic acids is 1. The minimum absolute atomic E-state index is 0.151. The van der Waals surface area contributed by atoms with Crippen molar-refractivity contribution in [1.82, 2.24) is 20.1 Å². The van der Waals surface area contributed by atoms with E-state index in [9.17, 15) is 14.9 Å². The van der Waals surface area contributed by atoms with E-state index < -0.39 is 4.92 Å². The molecule has 2 aromatic rings. The maximum Gasteiger partial charge on any atom is 0.288 e. The lowest BCUT2D eigenvalue weighted by atomic mass is 10.2. The number of rotatable bonds is 5. The van der Waals surface area contributed by atoms with Gasteiger partial charge in [0.1, 0.15) is 12.0 Å². The Morgan fingerprint density at radius 3 is 2.86 bits per heavy atom. The summed E-state index contributed by atoms with van der Waals surface area (Å²) in [6.45, 7) is 0.335. The van der Waals surface area contributed by atoms with Gasteiger partial charge in [0.2, 0.25) is 0 Å². The summed E-state index contributed by atoms with van der Waals surface area (Å²) in [5.41, 5.74) is 0.752. The van der Waals surface area contributed by atoms with Gasteiger partial charge in [-0.1, -0.05) is 0 Å². The Morgan fingerprint density at radius 1 is 1.52 bits per heavy atom. The minimum atomic E-state index is -0.584. The van der Waals surface area contributed by atoms with Crippen molar-refractivity contribution in [3.05, 3.63) is 45.9 Å². The van der Waals surface area contributed by atoms with Gasteiger partial charge in [0.15, 0.2) is 0 Å². The zero-order chi connectivity index (χ0) is 15.4. The molecular weight excluding hydrogens is 276 g/mol. The predicted molar refractivity (Wildman–Crippen MR) is 74.8 cm³/mol. The van der Waals surface area contributed by atoms with Crippen LogP contribution in [0.4, 0.5) is 11.5 Å². The molecule has 0 bridgehead atoms. The van der Waals surface area contributed by atoms with Crippen LogP contribution in [0.15, 0.2) is 24.7 Å². The standard InChI is InChI=1S/C12H14N6O3/c1-13-11-10(3-9(6-14-11)18(20)21)12(19)17(2)7-8-4-15-16-5-8/h3-6H,7H2,1-2H3,(H,13,14)(H,15,16). The van der Waals surface area contributed by atoms with Gasteiger partial charge in [-0.3, -0.25) is 20.0 Å². The van der Waals surface area contributed by atoms with Crippen LogP contribution >= 0.6 is 0 Å². The number of H-pyrrole nitrogens is 1. The molecule has 110 valence electrons. The second-order valence-electron chi connectivity index (χ2n) is 4.36. The highest BCUT2D eigenvalue weighted by molar-refractivity contribution is 5.99. The fourth-order valence-corrected chi connectivity index (χ4v) is 1.83. The molecule has 0 saturated carbocycles. The van der Waals surface area contributed by atoms with Gasteiger partial charge in [0, 0.05) is 38.5 Å². The highest BCUT2D eigenvalue weighted by Gasteiger charge is 2.20. The zero-order valence-electron chi connectivity index (χ0n) is 11.5. The molecular formula is C12H14N6O3.